The van der Waals surface area contributed by atoms with E-state index in [1.165, 1.54) is 7.05 Å². The molecule has 8 heteroatoms. The van der Waals surface area contributed by atoms with E-state index < -0.39 is 12.6 Å². The van der Waals surface area contributed by atoms with Crippen LogP contribution in [-0.2, 0) is 6.54 Å². The molecule has 0 saturated heterocycles. The maximum atomic E-state index is 12.0. The molecule has 0 aliphatic heterocycles. The molecule has 0 heterocycles. The first kappa shape index (κ1) is 16.9. The molecule has 0 fully saturated rings. The van der Waals surface area contributed by atoms with Crippen LogP contribution in [0.25, 0.3) is 0 Å². The second kappa shape index (κ2) is 7.59. The van der Waals surface area contributed by atoms with E-state index >= 15 is 0 Å². The topological polar surface area (TPSA) is 36.4 Å². The molecule has 0 radical (unpaired) electrons. The number of rotatable bonds is 4. The zero-order chi connectivity index (χ0) is 15.2. The van der Waals surface area contributed by atoms with Gasteiger partial charge in [-0.05, 0) is 17.7 Å². The Balaban J connectivity index is 2.46. The van der Waals surface area contributed by atoms with Crippen LogP contribution in [0.2, 0.25) is 10.0 Å². The van der Waals surface area contributed by atoms with Gasteiger partial charge < -0.3 is 10.6 Å². The number of halogens is 5. The summed E-state index contributed by atoms with van der Waals surface area (Å²) in [6.07, 6.45) is -5.11. The van der Waals surface area contributed by atoms with Crippen LogP contribution in [0.5, 0.6) is 0 Å². The van der Waals surface area contributed by atoms with Crippen molar-refractivity contribution in [3.63, 3.8) is 0 Å². The first-order valence-corrected chi connectivity index (χ1v) is 6.52. The summed E-state index contributed by atoms with van der Waals surface area (Å²) in [5, 5.41) is 6.46. The number of hydrogen-bond donors (Lipinski definition) is 2. The fourth-order valence-corrected chi connectivity index (χ4v) is 1.86. The normalized spacial score (nSPS) is 12.4. The Bertz CT molecular complexity index is 476. The van der Waals surface area contributed by atoms with Crippen LogP contribution >= 0.6 is 23.2 Å². The summed E-state index contributed by atoms with van der Waals surface area (Å²) < 4.78 is 36.1. The Labute approximate surface area is 125 Å². The molecule has 1 rings (SSSR count). The van der Waals surface area contributed by atoms with Gasteiger partial charge in [0.15, 0.2) is 5.96 Å². The zero-order valence-electron chi connectivity index (χ0n) is 10.7. The van der Waals surface area contributed by atoms with E-state index in [1.807, 2.05) is 0 Å². The largest absolute Gasteiger partial charge is 0.390 e. The number of aliphatic imine (C=N–C) groups is 1. The first-order valence-electron chi connectivity index (χ1n) is 5.77. The Kier molecular flexibility index (Phi) is 6.42. The monoisotopic (exact) mass is 327 g/mol. The number of nitrogens with one attached hydrogen (secondary N) is 2. The summed E-state index contributed by atoms with van der Waals surface area (Å²) in [5.41, 5.74) is 0.773. The van der Waals surface area contributed by atoms with Crippen LogP contribution < -0.4 is 10.6 Å². The first-order chi connectivity index (χ1) is 9.31. The van der Waals surface area contributed by atoms with E-state index in [0.717, 1.165) is 5.56 Å². The van der Waals surface area contributed by atoms with Gasteiger partial charge in [-0.2, -0.15) is 13.2 Å². The summed E-state index contributed by atoms with van der Waals surface area (Å²) >= 11 is 11.8. The van der Waals surface area contributed by atoms with Crippen LogP contribution in [0.3, 0.4) is 0 Å². The molecule has 1 aromatic rings. The smallest absolute Gasteiger partial charge is 0.356 e. The van der Waals surface area contributed by atoms with E-state index in [-0.39, 0.29) is 12.5 Å². The van der Waals surface area contributed by atoms with Crippen molar-refractivity contribution in [2.45, 2.75) is 19.1 Å². The van der Waals surface area contributed by atoms with Crippen molar-refractivity contribution in [3.05, 3.63) is 33.8 Å². The van der Waals surface area contributed by atoms with Crippen molar-refractivity contribution in [1.82, 2.24) is 10.6 Å². The lowest BCUT2D eigenvalue weighted by atomic mass is 10.2. The molecule has 0 aliphatic rings. The second-order valence-electron chi connectivity index (χ2n) is 3.95. The van der Waals surface area contributed by atoms with E-state index in [1.54, 1.807) is 18.2 Å². The van der Waals surface area contributed by atoms with Gasteiger partial charge in [-0.15, -0.1) is 0 Å². The Morgan fingerprint density at radius 2 is 1.95 bits per heavy atom. The molecule has 1 aromatic carbocycles. The average molecular weight is 328 g/mol. The minimum atomic E-state index is -4.19. The predicted molar refractivity (Wildman–Crippen MR) is 75.3 cm³/mol. The Hall–Kier alpha value is -1.14. The highest BCUT2D eigenvalue weighted by Crippen LogP contribution is 2.20. The van der Waals surface area contributed by atoms with Crippen molar-refractivity contribution >= 4 is 29.2 Å². The number of nitrogens with zero attached hydrogens (tertiary/aromatic N) is 1. The van der Waals surface area contributed by atoms with Crippen molar-refractivity contribution < 1.29 is 13.2 Å². The maximum absolute atomic E-state index is 12.0. The highest BCUT2D eigenvalue weighted by Gasteiger charge is 2.26. The van der Waals surface area contributed by atoms with E-state index in [4.69, 9.17) is 23.2 Å². The van der Waals surface area contributed by atoms with Gasteiger partial charge in [-0.1, -0.05) is 29.3 Å². The molecule has 0 unspecified atom stereocenters. The van der Waals surface area contributed by atoms with Gasteiger partial charge in [-0.3, -0.25) is 4.99 Å². The van der Waals surface area contributed by atoms with Crippen molar-refractivity contribution in [2.75, 3.05) is 13.6 Å². The van der Waals surface area contributed by atoms with E-state index in [9.17, 15) is 13.2 Å². The molecule has 20 heavy (non-hydrogen) atoms. The number of guanidine groups is 1. The third-order valence-corrected chi connectivity index (χ3v) is 2.97. The van der Waals surface area contributed by atoms with Crippen LogP contribution in [0, 0.1) is 0 Å². The molecule has 112 valence electrons. The molecule has 3 nitrogen and oxygen atoms in total. The number of alkyl halides is 3. The zero-order valence-corrected chi connectivity index (χ0v) is 12.2. The molecule has 0 amide bonds. The fourth-order valence-electron chi connectivity index (χ4n) is 1.39. The third-order valence-electron chi connectivity index (χ3n) is 2.39. The van der Waals surface area contributed by atoms with Gasteiger partial charge in [0.05, 0.1) is 6.42 Å². The van der Waals surface area contributed by atoms with Crippen LogP contribution in [-0.4, -0.2) is 25.7 Å². The predicted octanol–water partition coefficient (Wildman–Crippen LogP) is 3.61. The lowest BCUT2D eigenvalue weighted by molar-refractivity contribution is -0.132. The van der Waals surface area contributed by atoms with Gasteiger partial charge >= 0.3 is 6.18 Å². The average Bonchev–Trinajstić information content (AvgIpc) is 2.34. The van der Waals surface area contributed by atoms with Gasteiger partial charge in [0.1, 0.15) is 0 Å². The minimum absolute atomic E-state index is 0.239. The maximum Gasteiger partial charge on any atom is 0.390 e. The molecule has 2 N–H and O–H groups in total. The summed E-state index contributed by atoms with van der Waals surface area (Å²) in [4.78, 5) is 3.83. The molecule has 0 aromatic heterocycles. The molecule has 0 spiro atoms. The highest BCUT2D eigenvalue weighted by molar-refractivity contribution is 6.35. The molecular weight excluding hydrogens is 314 g/mol. The molecular formula is C12H14Cl2F3N3. The molecule has 0 saturated carbocycles. The highest BCUT2D eigenvalue weighted by atomic mass is 35.5. The van der Waals surface area contributed by atoms with Crippen LogP contribution in [0.1, 0.15) is 12.0 Å². The summed E-state index contributed by atoms with van der Waals surface area (Å²) in [7, 11) is 1.48. The lowest BCUT2D eigenvalue weighted by Gasteiger charge is -2.13. The number of hydrogen-bond acceptors (Lipinski definition) is 1. The van der Waals surface area contributed by atoms with Crippen molar-refractivity contribution in [1.29, 1.82) is 0 Å². The summed E-state index contributed by atoms with van der Waals surface area (Å²) in [6, 6.07) is 5.02. The summed E-state index contributed by atoms with van der Waals surface area (Å²) in [6.45, 7) is 0.0964. The fraction of sp³-hybridized carbons (Fsp3) is 0.417. The molecule has 0 bridgehead atoms. The Morgan fingerprint density at radius 1 is 1.25 bits per heavy atom. The van der Waals surface area contributed by atoms with Crippen molar-refractivity contribution in [3.8, 4) is 0 Å². The quantitative estimate of drug-likeness (QED) is 0.654. The van der Waals surface area contributed by atoms with Crippen LogP contribution in [0.15, 0.2) is 23.2 Å². The van der Waals surface area contributed by atoms with Crippen molar-refractivity contribution in [2.24, 2.45) is 4.99 Å². The second-order valence-corrected chi connectivity index (χ2v) is 4.80. The van der Waals surface area contributed by atoms with Crippen LogP contribution in [0.4, 0.5) is 13.2 Å². The Morgan fingerprint density at radius 3 is 2.50 bits per heavy atom. The van der Waals surface area contributed by atoms with Gasteiger partial charge in [0.25, 0.3) is 0 Å². The number of benzene rings is 1. The summed E-state index contributed by atoms with van der Waals surface area (Å²) in [5.74, 6) is 0.278. The van der Waals surface area contributed by atoms with E-state index in [0.29, 0.717) is 16.6 Å². The van der Waals surface area contributed by atoms with Gasteiger partial charge in [0.2, 0.25) is 0 Å². The van der Waals surface area contributed by atoms with E-state index in [2.05, 4.69) is 15.6 Å². The molecule has 0 aliphatic carbocycles. The minimum Gasteiger partial charge on any atom is -0.356 e. The lowest BCUT2D eigenvalue weighted by Crippen LogP contribution is -2.38. The molecule has 0 atom stereocenters. The van der Waals surface area contributed by atoms with Gasteiger partial charge in [-0.25, -0.2) is 0 Å². The SMILES string of the molecule is CN=C(NCCC(F)(F)F)NCc1ccc(Cl)cc1Cl. The standard InChI is InChI=1S/C12H14Cl2F3N3/c1-18-11(19-5-4-12(15,16)17)20-7-8-2-3-9(13)6-10(8)14/h2-3,6H,4-5,7H2,1H3,(H2,18,19,20). The third kappa shape index (κ3) is 6.34. The van der Waals surface area contributed by atoms with Gasteiger partial charge in [0, 0.05) is 30.2 Å².